The third-order valence-corrected chi connectivity index (χ3v) is 6.00. The molecule has 0 fully saturated rings. The van der Waals surface area contributed by atoms with E-state index in [-0.39, 0.29) is 6.04 Å². The molecule has 2 atom stereocenters. The molecule has 4 heteroatoms. The quantitative estimate of drug-likeness (QED) is 0.566. The number of rotatable bonds is 2. The predicted octanol–water partition coefficient (Wildman–Crippen LogP) is 3.69. The van der Waals surface area contributed by atoms with E-state index in [2.05, 4.69) is 77.0 Å². The lowest BCUT2D eigenvalue weighted by Crippen LogP contribution is -2.88. The summed E-state index contributed by atoms with van der Waals surface area (Å²) in [5.74, 6) is 2.05. The first-order valence-electron chi connectivity index (χ1n) is 9.77. The van der Waals surface area contributed by atoms with Crippen LogP contribution in [0.3, 0.4) is 0 Å². The summed E-state index contributed by atoms with van der Waals surface area (Å²) in [5.41, 5.74) is 6.53. The number of ether oxygens (including phenoxy) is 2. The van der Waals surface area contributed by atoms with Crippen molar-refractivity contribution >= 4 is 10.9 Å². The van der Waals surface area contributed by atoms with Gasteiger partial charge in [0.25, 0.3) is 0 Å². The summed E-state index contributed by atoms with van der Waals surface area (Å²) in [6.07, 6.45) is 0. The molecule has 0 saturated heterocycles. The smallest absolute Gasteiger partial charge is 0.231 e. The molecule has 0 unspecified atom stereocenters. The molecular formula is C24H21N2O2+. The highest BCUT2D eigenvalue weighted by atomic mass is 16.7. The van der Waals surface area contributed by atoms with Crippen LogP contribution in [0.1, 0.15) is 34.3 Å². The zero-order valence-corrected chi connectivity index (χ0v) is 15.4. The highest BCUT2D eigenvalue weighted by molar-refractivity contribution is 5.86. The minimum absolute atomic E-state index is 0.219. The number of hydrogen-bond acceptors (Lipinski definition) is 2. The normalized spacial score (nSPS) is 20.3. The van der Waals surface area contributed by atoms with Gasteiger partial charge < -0.3 is 19.8 Å². The van der Waals surface area contributed by atoms with Crippen molar-refractivity contribution < 1.29 is 14.8 Å². The molecule has 4 nitrogen and oxygen atoms in total. The van der Waals surface area contributed by atoms with E-state index in [1.54, 1.807) is 0 Å². The Balaban J connectivity index is 1.53. The lowest BCUT2D eigenvalue weighted by Gasteiger charge is -2.28. The van der Waals surface area contributed by atoms with Crippen LogP contribution in [0, 0.1) is 0 Å². The first-order chi connectivity index (χ1) is 13.9. The number of para-hydroxylation sites is 1. The molecule has 0 radical (unpaired) electrons. The summed E-state index contributed by atoms with van der Waals surface area (Å²) < 4.78 is 11.1. The second-order valence-electron chi connectivity index (χ2n) is 7.52. The fraction of sp³-hybridized carbons (Fsp3) is 0.167. The molecule has 3 aromatic carbocycles. The van der Waals surface area contributed by atoms with E-state index in [4.69, 9.17) is 9.47 Å². The number of H-pyrrole nitrogens is 1. The van der Waals surface area contributed by atoms with Crippen LogP contribution in [0.5, 0.6) is 11.5 Å². The zero-order chi connectivity index (χ0) is 18.5. The summed E-state index contributed by atoms with van der Waals surface area (Å²) in [7, 11) is 0. The molecule has 2 aliphatic heterocycles. The Hall–Kier alpha value is -3.24. The van der Waals surface area contributed by atoms with E-state index in [1.165, 1.54) is 33.3 Å². The van der Waals surface area contributed by atoms with Gasteiger partial charge in [0.05, 0.1) is 18.2 Å². The Kier molecular flexibility index (Phi) is 3.46. The van der Waals surface area contributed by atoms with Crippen LogP contribution in [0.15, 0.2) is 72.8 Å². The van der Waals surface area contributed by atoms with E-state index in [0.29, 0.717) is 12.7 Å². The Labute approximate surface area is 163 Å². The molecule has 0 bridgehead atoms. The van der Waals surface area contributed by atoms with Crippen molar-refractivity contribution in [3.63, 3.8) is 0 Å². The third kappa shape index (κ3) is 2.35. The van der Waals surface area contributed by atoms with Crippen LogP contribution in [0.2, 0.25) is 0 Å². The van der Waals surface area contributed by atoms with Crippen LogP contribution in [-0.4, -0.2) is 18.3 Å². The molecule has 3 N–H and O–H groups in total. The van der Waals surface area contributed by atoms with Gasteiger partial charge in [-0.25, -0.2) is 0 Å². The molecule has 0 aliphatic carbocycles. The summed E-state index contributed by atoms with van der Waals surface area (Å²) in [4.78, 5) is 3.73. The van der Waals surface area contributed by atoms with Crippen LogP contribution in [-0.2, 0) is 0 Å². The lowest BCUT2D eigenvalue weighted by molar-refractivity contribution is -0.692. The van der Waals surface area contributed by atoms with Gasteiger partial charge in [-0.2, -0.15) is 0 Å². The van der Waals surface area contributed by atoms with Gasteiger partial charge in [0.15, 0.2) is 17.5 Å². The molecule has 28 heavy (non-hydrogen) atoms. The number of fused-ring (bicyclic) bond motifs is 4. The standard InChI is InChI=1S/C24H20N2O2/c1-2-6-15(7-3-1)18-13-25-23(16-10-11-20-21(12-16)28-14-27-20)24-22(18)17-8-4-5-9-19(17)26-24/h1-12,18,23,25-26H,13-14H2/p+1/t18-,23-/m1/s1. The monoisotopic (exact) mass is 369 g/mol. The third-order valence-electron chi connectivity index (χ3n) is 6.00. The van der Waals surface area contributed by atoms with Crippen molar-refractivity contribution in [1.29, 1.82) is 0 Å². The Bertz CT molecular complexity index is 1170. The number of aromatic amines is 1. The van der Waals surface area contributed by atoms with Crippen molar-refractivity contribution in [1.82, 2.24) is 4.98 Å². The second-order valence-corrected chi connectivity index (χ2v) is 7.52. The van der Waals surface area contributed by atoms with Gasteiger partial charge in [-0.1, -0.05) is 48.5 Å². The maximum atomic E-state index is 5.62. The van der Waals surface area contributed by atoms with Gasteiger partial charge in [0.2, 0.25) is 6.79 Å². The molecule has 0 spiro atoms. The number of aromatic nitrogens is 1. The second kappa shape index (κ2) is 6.14. The fourth-order valence-corrected chi connectivity index (χ4v) is 4.71. The molecule has 138 valence electrons. The largest absolute Gasteiger partial charge is 0.454 e. The maximum Gasteiger partial charge on any atom is 0.231 e. The minimum Gasteiger partial charge on any atom is -0.454 e. The van der Waals surface area contributed by atoms with Crippen LogP contribution in [0.25, 0.3) is 10.9 Å². The highest BCUT2D eigenvalue weighted by Gasteiger charge is 2.36. The SMILES string of the molecule is c1ccc([C@H]2C[NH2+][C@H](c3ccc4c(c3)OCO4)c3[nH]c4ccccc4c32)cc1. The Morgan fingerprint density at radius 2 is 1.64 bits per heavy atom. The van der Waals surface area contributed by atoms with E-state index >= 15 is 0 Å². The first kappa shape index (κ1) is 15.8. The summed E-state index contributed by atoms with van der Waals surface area (Å²) in [6.45, 7) is 1.32. The van der Waals surface area contributed by atoms with E-state index < -0.39 is 0 Å². The van der Waals surface area contributed by atoms with Crippen molar-refractivity contribution in [2.24, 2.45) is 0 Å². The van der Waals surface area contributed by atoms with Gasteiger partial charge in [-0.05, 0) is 29.8 Å². The lowest BCUT2D eigenvalue weighted by atomic mass is 9.83. The number of nitrogens with one attached hydrogen (secondary N) is 1. The van der Waals surface area contributed by atoms with Gasteiger partial charge in [0, 0.05) is 22.0 Å². The van der Waals surface area contributed by atoms with E-state index in [1.807, 2.05) is 6.07 Å². The van der Waals surface area contributed by atoms with Gasteiger partial charge in [-0.3, -0.25) is 0 Å². The van der Waals surface area contributed by atoms with E-state index in [0.717, 1.165) is 18.0 Å². The topological polar surface area (TPSA) is 50.9 Å². The maximum absolute atomic E-state index is 5.62. The van der Waals surface area contributed by atoms with Gasteiger partial charge in [-0.15, -0.1) is 0 Å². The molecule has 6 rings (SSSR count). The highest BCUT2D eigenvalue weighted by Crippen LogP contribution is 2.41. The molecule has 0 amide bonds. The molecule has 0 saturated carbocycles. The average molecular weight is 369 g/mol. The summed E-state index contributed by atoms with van der Waals surface area (Å²) in [6, 6.07) is 26.0. The predicted molar refractivity (Wildman–Crippen MR) is 108 cm³/mol. The summed E-state index contributed by atoms with van der Waals surface area (Å²) in [5, 5.41) is 3.76. The minimum atomic E-state index is 0.219. The molecule has 1 aromatic heterocycles. The fourth-order valence-electron chi connectivity index (χ4n) is 4.71. The van der Waals surface area contributed by atoms with Crippen LogP contribution < -0.4 is 14.8 Å². The Morgan fingerprint density at radius 1 is 0.821 bits per heavy atom. The van der Waals surface area contributed by atoms with Crippen LogP contribution >= 0.6 is 0 Å². The van der Waals surface area contributed by atoms with Crippen molar-refractivity contribution in [2.75, 3.05) is 13.3 Å². The Morgan fingerprint density at radius 3 is 2.57 bits per heavy atom. The van der Waals surface area contributed by atoms with Crippen molar-refractivity contribution in [3.05, 3.63) is 95.2 Å². The number of hydrogen-bond donors (Lipinski definition) is 2. The average Bonchev–Trinajstić information content (AvgIpc) is 3.38. The zero-order valence-electron chi connectivity index (χ0n) is 15.4. The summed E-state index contributed by atoms with van der Waals surface area (Å²) >= 11 is 0. The molecule has 3 heterocycles. The first-order valence-corrected chi connectivity index (χ1v) is 9.77. The number of quaternary nitrogens is 1. The molecular weight excluding hydrogens is 348 g/mol. The van der Waals surface area contributed by atoms with Crippen molar-refractivity contribution in [3.8, 4) is 11.5 Å². The van der Waals surface area contributed by atoms with Crippen molar-refractivity contribution in [2.45, 2.75) is 12.0 Å². The molecule has 4 aromatic rings. The molecule has 2 aliphatic rings. The van der Waals surface area contributed by atoms with Crippen LogP contribution in [0.4, 0.5) is 0 Å². The number of benzene rings is 3. The van der Waals surface area contributed by atoms with E-state index in [9.17, 15) is 0 Å². The van der Waals surface area contributed by atoms with Gasteiger partial charge >= 0.3 is 0 Å². The van der Waals surface area contributed by atoms with Gasteiger partial charge in [0.1, 0.15) is 0 Å². The number of nitrogens with two attached hydrogens (primary N) is 1.